The number of amides is 1. The number of hydrogen-bond acceptors (Lipinski definition) is 3. The quantitative estimate of drug-likeness (QED) is 0.831. The first-order chi connectivity index (χ1) is 9.26. The lowest BCUT2D eigenvalue weighted by Crippen LogP contribution is -2.29. The maximum atomic E-state index is 11.7. The Morgan fingerprint density at radius 2 is 1.70 bits per heavy atom. The molecule has 0 saturated heterocycles. The van der Waals surface area contributed by atoms with E-state index in [-0.39, 0.29) is 24.6 Å². The zero-order chi connectivity index (χ0) is 15.2. The van der Waals surface area contributed by atoms with Crippen LogP contribution >= 0.6 is 0 Å². The SMILES string of the molecule is CC(C)Cc1ccc(CC(=O)NCCS(C)(=O)=O)cc1. The van der Waals surface area contributed by atoms with Crippen molar-refractivity contribution in [3.8, 4) is 0 Å². The Bertz CT molecular complexity index is 533. The zero-order valence-corrected chi connectivity index (χ0v) is 13.2. The molecule has 0 aromatic heterocycles. The van der Waals surface area contributed by atoms with Gasteiger partial charge in [-0.2, -0.15) is 0 Å². The van der Waals surface area contributed by atoms with E-state index in [0.717, 1.165) is 18.2 Å². The van der Waals surface area contributed by atoms with Gasteiger partial charge in [0.05, 0.1) is 12.2 Å². The minimum atomic E-state index is -3.02. The summed E-state index contributed by atoms with van der Waals surface area (Å²) in [5, 5.41) is 2.62. The highest BCUT2D eigenvalue weighted by Gasteiger charge is 2.06. The molecule has 0 atom stereocenters. The number of sulfone groups is 1. The Hall–Kier alpha value is -1.36. The van der Waals surface area contributed by atoms with E-state index in [4.69, 9.17) is 0 Å². The summed E-state index contributed by atoms with van der Waals surface area (Å²) in [5.74, 6) is 0.442. The van der Waals surface area contributed by atoms with E-state index in [1.165, 1.54) is 5.56 Å². The predicted molar refractivity (Wildman–Crippen MR) is 81.4 cm³/mol. The smallest absolute Gasteiger partial charge is 0.224 e. The van der Waals surface area contributed by atoms with Gasteiger partial charge in [0.2, 0.25) is 5.91 Å². The number of nitrogens with one attached hydrogen (secondary N) is 1. The fraction of sp³-hybridized carbons (Fsp3) is 0.533. The molecule has 1 rings (SSSR count). The number of rotatable bonds is 7. The molecule has 0 saturated carbocycles. The molecule has 112 valence electrons. The second kappa shape index (κ2) is 7.43. The molecule has 0 fully saturated rings. The molecule has 0 unspecified atom stereocenters. The van der Waals surface area contributed by atoms with Gasteiger partial charge in [-0.05, 0) is 23.5 Å². The molecule has 0 spiro atoms. The molecular weight excluding hydrogens is 274 g/mol. The third-order valence-corrected chi connectivity index (χ3v) is 3.77. The van der Waals surface area contributed by atoms with Gasteiger partial charge in [-0.1, -0.05) is 38.1 Å². The number of benzene rings is 1. The summed E-state index contributed by atoms with van der Waals surface area (Å²) < 4.78 is 21.9. The molecule has 1 aromatic rings. The highest BCUT2D eigenvalue weighted by molar-refractivity contribution is 7.90. The number of carbonyl (C=O) groups excluding carboxylic acids is 1. The summed E-state index contributed by atoms with van der Waals surface area (Å²) in [4.78, 5) is 11.7. The van der Waals surface area contributed by atoms with E-state index in [0.29, 0.717) is 5.92 Å². The van der Waals surface area contributed by atoms with Crippen LogP contribution in [0.25, 0.3) is 0 Å². The number of hydrogen-bond donors (Lipinski definition) is 1. The maximum absolute atomic E-state index is 11.7. The van der Waals surface area contributed by atoms with Gasteiger partial charge in [-0.25, -0.2) is 8.42 Å². The molecule has 0 radical (unpaired) electrons. The lowest BCUT2D eigenvalue weighted by Gasteiger charge is -2.07. The predicted octanol–water partition coefficient (Wildman–Crippen LogP) is 1.59. The van der Waals surface area contributed by atoms with Crippen molar-refractivity contribution < 1.29 is 13.2 Å². The second-order valence-electron chi connectivity index (χ2n) is 5.57. The molecule has 5 heteroatoms. The second-order valence-corrected chi connectivity index (χ2v) is 7.83. The van der Waals surface area contributed by atoms with Crippen LogP contribution in [0.15, 0.2) is 24.3 Å². The Morgan fingerprint density at radius 1 is 1.15 bits per heavy atom. The molecule has 1 N–H and O–H groups in total. The van der Waals surface area contributed by atoms with Gasteiger partial charge < -0.3 is 5.32 Å². The average Bonchev–Trinajstić information content (AvgIpc) is 2.29. The lowest BCUT2D eigenvalue weighted by molar-refractivity contribution is -0.120. The van der Waals surface area contributed by atoms with Crippen LogP contribution in [-0.4, -0.2) is 32.9 Å². The highest BCUT2D eigenvalue weighted by Crippen LogP contribution is 2.10. The third-order valence-electron chi connectivity index (χ3n) is 2.83. The Kier molecular flexibility index (Phi) is 6.20. The van der Waals surface area contributed by atoms with Crippen LogP contribution in [0.1, 0.15) is 25.0 Å². The maximum Gasteiger partial charge on any atom is 0.224 e. The van der Waals surface area contributed by atoms with Gasteiger partial charge in [0, 0.05) is 12.8 Å². The third kappa shape index (κ3) is 7.28. The normalized spacial score (nSPS) is 11.6. The van der Waals surface area contributed by atoms with Crippen LogP contribution in [0.2, 0.25) is 0 Å². The zero-order valence-electron chi connectivity index (χ0n) is 12.3. The van der Waals surface area contributed by atoms with Crippen molar-refractivity contribution in [3.05, 3.63) is 35.4 Å². The van der Waals surface area contributed by atoms with Crippen LogP contribution in [0.4, 0.5) is 0 Å². The van der Waals surface area contributed by atoms with Crippen LogP contribution < -0.4 is 5.32 Å². The molecule has 0 bridgehead atoms. The lowest BCUT2D eigenvalue weighted by atomic mass is 10.0. The van der Waals surface area contributed by atoms with E-state index in [1.807, 2.05) is 24.3 Å². The first-order valence-corrected chi connectivity index (χ1v) is 8.84. The number of carbonyl (C=O) groups is 1. The summed E-state index contributed by atoms with van der Waals surface area (Å²) in [6, 6.07) is 7.99. The van der Waals surface area contributed by atoms with Crippen molar-refractivity contribution in [2.75, 3.05) is 18.6 Å². The van der Waals surface area contributed by atoms with Gasteiger partial charge in [0.15, 0.2) is 0 Å². The first-order valence-electron chi connectivity index (χ1n) is 6.78. The molecular formula is C15H23NO3S. The fourth-order valence-electron chi connectivity index (χ4n) is 1.89. The van der Waals surface area contributed by atoms with Gasteiger partial charge >= 0.3 is 0 Å². The van der Waals surface area contributed by atoms with Gasteiger partial charge in [-0.3, -0.25) is 4.79 Å². The van der Waals surface area contributed by atoms with Crippen LogP contribution in [0.5, 0.6) is 0 Å². The van der Waals surface area contributed by atoms with Crippen LogP contribution in [0, 0.1) is 5.92 Å². The van der Waals surface area contributed by atoms with E-state index < -0.39 is 9.84 Å². The molecule has 0 aliphatic rings. The summed E-state index contributed by atoms with van der Waals surface area (Å²) >= 11 is 0. The van der Waals surface area contributed by atoms with Gasteiger partial charge in [-0.15, -0.1) is 0 Å². The molecule has 20 heavy (non-hydrogen) atoms. The van der Waals surface area contributed by atoms with Crippen molar-refractivity contribution in [1.29, 1.82) is 0 Å². The average molecular weight is 297 g/mol. The minimum Gasteiger partial charge on any atom is -0.355 e. The Labute approximate surface area is 121 Å². The van der Waals surface area contributed by atoms with E-state index >= 15 is 0 Å². The van der Waals surface area contributed by atoms with E-state index in [9.17, 15) is 13.2 Å². The molecule has 1 amide bonds. The van der Waals surface area contributed by atoms with Crippen molar-refractivity contribution in [3.63, 3.8) is 0 Å². The largest absolute Gasteiger partial charge is 0.355 e. The molecule has 4 nitrogen and oxygen atoms in total. The van der Waals surface area contributed by atoms with Crippen molar-refractivity contribution in [1.82, 2.24) is 5.32 Å². The molecule has 1 aromatic carbocycles. The van der Waals surface area contributed by atoms with Crippen molar-refractivity contribution in [2.24, 2.45) is 5.92 Å². The summed E-state index contributed by atoms with van der Waals surface area (Å²) in [5.41, 5.74) is 2.20. The van der Waals surface area contributed by atoms with Crippen LogP contribution in [0.3, 0.4) is 0 Å². The Balaban J connectivity index is 2.42. The standard InChI is InChI=1S/C15H23NO3S/c1-12(2)10-13-4-6-14(7-5-13)11-15(17)16-8-9-20(3,18)19/h4-7,12H,8-11H2,1-3H3,(H,16,17). The van der Waals surface area contributed by atoms with Gasteiger partial charge in [0.25, 0.3) is 0 Å². The van der Waals surface area contributed by atoms with Gasteiger partial charge in [0.1, 0.15) is 9.84 Å². The van der Waals surface area contributed by atoms with Crippen molar-refractivity contribution >= 4 is 15.7 Å². The topological polar surface area (TPSA) is 63.2 Å². The monoisotopic (exact) mass is 297 g/mol. The summed E-state index contributed by atoms with van der Waals surface area (Å²) in [7, 11) is -3.02. The molecule has 0 aliphatic heterocycles. The summed E-state index contributed by atoms with van der Waals surface area (Å²) in [6.07, 6.45) is 2.47. The minimum absolute atomic E-state index is 0.0218. The van der Waals surface area contributed by atoms with E-state index in [2.05, 4.69) is 19.2 Å². The molecule has 0 aliphatic carbocycles. The van der Waals surface area contributed by atoms with Crippen LogP contribution in [-0.2, 0) is 27.5 Å². The summed E-state index contributed by atoms with van der Waals surface area (Å²) in [6.45, 7) is 4.51. The highest BCUT2D eigenvalue weighted by atomic mass is 32.2. The van der Waals surface area contributed by atoms with E-state index in [1.54, 1.807) is 0 Å². The Morgan fingerprint density at radius 3 is 2.20 bits per heavy atom. The van der Waals surface area contributed by atoms with Crippen molar-refractivity contribution in [2.45, 2.75) is 26.7 Å². The molecule has 0 heterocycles. The first kappa shape index (κ1) is 16.7. The fourth-order valence-corrected chi connectivity index (χ4v) is 2.36.